The van der Waals surface area contributed by atoms with E-state index in [4.69, 9.17) is 24.7 Å². The maximum absolute atomic E-state index is 7.08. The Balaban J connectivity index is 1.00. The molecule has 4 aromatic rings. The maximum atomic E-state index is 7.08. The number of benzene rings is 2. The van der Waals surface area contributed by atoms with Crippen molar-refractivity contribution in [1.29, 1.82) is 0 Å². The summed E-state index contributed by atoms with van der Waals surface area (Å²) in [6.07, 6.45) is 48.7. The minimum absolute atomic E-state index is 0.479. The van der Waals surface area contributed by atoms with E-state index in [0.29, 0.717) is 23.7 Å². The molecule has 5 heteroatoms. The number of aromatic nitrogens is 4. The van der Waals surface area contributed by atoms with Gasteiger partial charge in [-0.25, -0.2) is 19.9 Å². The Morgan fingerprint density at radius 2 is 0.738 bits per heavy atom. The number of rotatable bonds is 30. The van der Waals surface area contributed by atoms with Crippen molar-refractivity contribution in [3.05, 3.63) is 106 Å². The Hall–Kier alpha value is -3.60. The molecule has 5 nitrogen and oxygen atoms in total. The predicted molar refractivity (Wildman–Crippen MR) is 274 cm³/mol. The third-order valence-corrected chi connectivity index (χ3v) is 15.1. The van der Waals surface area contributed by atoms with Crippen molar-refractivity contribution in [2.45, 2.75) is 245 Å². The molecule has 0 spiro atoms. The average Bonchev–Trinajstić information content (AvgIpc) is 3.33. The topological polar surface area (TPSA) is 60.8 Å². The molecule has 0 bridgehead atoms. The number of aryl methyl sites for hydroxylation is 4. The van der Waals surface area contributed by atoms with E-state index in [1.807, 2.05) is 0 Å². The quantitative estimate of drug-likeness (QED) is 0.0488. The van der Waals surface area contributed by atoms with Crippen molar-refractivity contribution < 1.29 is 4.74 Å². The summed E-state index contributed by atoms with van der Waals surface area (Å²) in [6, 6.07) is 14.1. The Kier molecular flexibility index (Phi) is 22.8. The van der Waals surface area contributed by atoms with Gasteiger partial charge in [-0.1, -0.05) is 155 Å². The number of unbranched alkanes of at least 4 members (excludes halogenated alkanes) is 14. The van der Waals surface area contributed by atoms with Gasteiger partial charge in [-0.05, 0) is 160 Å². The summed E-state index contributed by atoms with van der Waals surface area (Å²) in [5.74, 6) is 6.51. The van der Waals surface area contributed by atoms with Gasteiger partial charge in [0.15, 0.2) is 0 Å². The second-order valence-electron chi connectivity index (χ2n) is 20.7. The van der Waals surface area contributed by atoms with Crippen LogP contribution >= 0.6 is 0 Å². The molecule has 356 valence electrons. The summed E-state index contributed by atoms with van der Waals surface area (Å²) in [7, 11) is 0. The van der Waals surface area contributed by atoms with Crippen LogP contribution in [0.4, 0.5) is 0 Å². The monoisotopic (exact) mass is 883 g/mol. The standard InChI is InChI=1S/C60H90N4O/c1-5-9-11-13-15-17-19-21-25-51-43-61-59(62-44-51)53-33-27-49(28-34-53)41-55-39-47(23-7-3)31-37-57(55)65-58-38-32-48(24-8-4)40-56(58)42-50-29-35-54(36-30-50)60-63-45-52(46-64-60)26-22-20-18-16-14-12-10-6-2/h31-32,37-40,43-46,49-50,53-54H,5-30,33-36,41-42H2,1-4H3/t49-,50-,53-,54-. The van der Waals surface area contributed by atoms with Crippen LogP contribution in [0, 0.1) is 11.8 Å². The highest BCUT2D eigenvalue weighted by Crippen LogP contribution is 2.41. The zero-order valence-electron chi connectivity index (χ0n) is 41.9. The first-order valence-corrected chi connectivity index (χ1v) is 27.6. The summed E-state index contributed by atoms with van der Waals surface area (Å²) < 4.78 is 7.08. The van der Waals surface area contributed by atoms with Gasteiger partial charge >= 0.3 is 0 Å². The molecule has 0 aliphatic heterocycles. The molecule has 0 atom stereocenters. The summed E-state index contributed by atoms with van der Waals surface area (Å²) in [5, 5.41) is 0. The van der Waals surface area contributed by atoms with E-state index in [-0.39, 0.29) is 0 Å². The van der Waals surface area contributed by atoms with E-state index in [0.717, 1.165) is 74.5 Å². The van der Waals surface area contributed by atoms with Gasteiger partial charge in [0.05, 0.1) is 0 Å². The largest absolute Gasteiger partial charge is 0.457 e. The number of hydrogen-bond acceptors (Lipinski definition) is 5. The van der Waals surface area contributed by atoms with Gasteiger partial charge in [0.2, 0.25) is 0 Å². The Morgan fingerprint density at radius 1 is 0.385 bits per heavy atom. The Morgan fingerprint density at radius 3 is 1.09 bits per heavy atom. The van der Waals surface area contributed by atoms with Gasteiger partial charge < -0.3 is 4.74 Å². The second kappa shape index (κ2) is 29.2. The predicted octanol–water partition coefficient (Wildman–Crippen LogP) is 17.4. The fourth-order valence-electron chi connectivity index (χ4n) is 11.0. The minimum Gasteiger partial charge on any atom is -0.457 e. The molecule has 0 amide bonds. The molecule has 0 radical (unpaired) electrons. The fraction of sp³-hybridized carbons (Fsp3) is 0.667. The van der Waals surface area contributed by atoms with Gasteiger partial charge in [-0.15, -0.1) is 0 Å². The molecule has 2 aliphatic carbocycles. The third-order valence-electron chi connectivity index (χ3n) is 15.1. The zero-order valence-corrected chi connectivity index (χ0v) is 41.9. The molecule has 2 saturated carbocycles. The molecule has 2 aromatic heterocycles. The number of nitrogens with zero attached hydrogens (tertiary/aromatic N) is 4. The lowest BCUT2D eigenvalue weighted by atomic mass is 9.78. The highest BCUT2D eigenvalue weighted by molar-refractivity contribution is 5.45. The van der Waals surface area contributed by atoms with Crippen LogP contribution in [0.1, 0.15) is 252 Å². The van der Waals surface area contributed by atoms with Crippen LogP contribution in [-0.2, 0) is 38.5 Å². The smallest absolute Gasteiger partial charge is 0.131 e. The van der Waals surface area contributed by atoms with E-state index in [1.165, 1.54) is 187 Å². The van der Waals surface area contributed by atoms with Crippen molar-refractivity contribution >= 4 is 0 Å². The lowest BCUT2D eigenvalue weighted by Crippen LogP contribution is -2.18. The van der Waals surface area contributed by atoms with E-state index in [9.17, 15) is 0 Å². The first kappa shape index (κ1) is 50.8. The first-order valence-electron chi connectivity index (χ1n) is 27.6. The molecule has 0 saturated heterocycles. The first-order chi connectivity index (χ1) is 32.0. The van der Waals surface area contributed by atoms with Crippen LogP contribution in [0.2, 0.25) is 0 Å². The van der Waals surface area contributed by atoms with Crippen molar-refractivity contribution in [2.75, 3.05) is 0 Å². The Bertz CT molecular complexity index is 1740. The highest BCUT2D eigenvalue weighted by atomic mass is 16.5. The summed E-state index contributed by atoms with van der Waals surface area (Å²) in [4.78, 5) is 19.7. The van der Waals surface area contributed by atoms with Crippen LogP contribution in [-0.4, -0.2) is 19.9 Å². The summed E-state index contributed by atoms with van der Waals surface area (Å²) in [5.41, 5.74) is 8.24. The SMILES string of the molecule is CCCCCCCCCCc1cnc([C@H]2CC[C@H](Cc3cc(CCC)ccc3Oc3ccc(CCC)cc3C[C@H]3CC[C@H](c4ncc(CCCCCCCCCC)cn4)CC3)CC2)nc1. The molecule has 2 fully saturated rings. The lowest BCUT2D eigenvalue weighted by Gasteiger charge is -2.29. The van der Waals surface area contributed by atoms with Crippen LogP contribution in [0.15, 0.2) is 61.2 Å². The molecule has 2 aliphatic rings. The van der Waals surface area contributed by atoms with Crippen molar-refractivity contribution in [3.63, 3.8) is 0 Å². The molecular weight excluding hydrogens is 793 g/mol. The third kappa shape index (κ3) is 17.5. The minimum atomic E-state index is 0.479. The summed E-state index contributed by atoms with van der Waals surface area (Å²) >= 11 is 0. The van der Waals surface area contributed by atoms with Gasteiger partial charge in [0.25, 0.3) is 0 Å². The van der Waals surface area contributed by atoms with Crippen molar-refractivity contribution in [3.8, 4) is 11.5 Å². The fourth-order valence-corrected chi connectivity index (χ4v) is 11.0. The molecule has 0 unspecified atom stereocenters. The van der Waals surface area contributed by atoms with Crippen LogP contribution in [0.25, 0.3) is 0 Å². The van der Waals surface area contributed by atoms with Crippen molar-refractivity contribution in [2.24, 2.45) is 11.8 Å². The molecule has 2 heterocycles. The van der Waals surface area contributed by atoms with Gasteiger partial charge in [0, 0.05) is 36.6 Å². The summed E-state index contributed by atoms with van der Waals surface area (Å²) in [6.45, 7) is 9.16. The van der Waals surface area contributed by atoms with E-state index < -0.39 is 0 Å². The van der Waals surface area contributed by atoms with Crippen molar-refractivity contribution in [1.82, 2.24) is 19.9 Å². The zero-order chi connectivity index (χ0) is 45.3. The van der Waals surface area contributed by atoms with Gasteiger partial charge in [-0.3, -0.25) is 0 Å². The maximum Gasteiger partial charge on any atom is 0.131 e. The molecule has 2 aromatic carbocycles. The molecule has 6 rings (SSSR count). The average molecular weight is 883 g/mol. The van der Waals surface area contributed by atoms with E-state index in [2.05, 4.69) is 88.9 Å². The lowest BCUT2D eigenvalue weighted by molar-refractivity contribution is 0.312. The van der Waals surface area contributed by atoms with E-state index in [1.54, 1.807) is 0 Å². The van der Waals surface area contributed by atoms with Crippen LogP contribution in [0.5, 0.6) is 11.5 Å². The van der Waals surface area contributed by atoms with Crippen LogP contribution < -0.4 is 4.74 Å². The van der Waals surface area contributed by atoms with Gasteiger partial charge in [-0.2, -0.15) is 0 Å². The Labute approximate surface area is 397 Å². The molecule has 0 N–H and O–H groups in total. The molecular formula is C60H90N4O. The van der Waals surface area contributed by atoms with E-state index >= 15 is 0 Å². The second-order valence-corrected chi connectivity index (χ2v) is 20.7. The van der Waals surface area contributed by atoms with Gasteiger partial charge in [0.1, 0.15) is 23.1 Å². The number of hydrogen-bond donors (Lipinski definition) is 0. The van der Waals surface area contributed by atoms with Crippen LogP contribution in [0.3, 0.4) is 0 Å². The normalized spacial score (nSPS) is 18.8. The highest BCUT2D eigenvalue weighted by Gasteiger charge is 2.27. The number of ether oxygens (including phenoxy) is 1. The molecule has 65 heavy (non-hydrogen) atoms.